The molecule has 7 nitrogen and oxygen atoms in total. The average Bonchev–Trinajstić information content (AvgIpc) is 3.32. The summed E-state index contributed by atoms with van der Waals surface area (Å²) in [6, 6.07) is 15.4. The van der Waals surface area contributed by atoms with Gasteiger partial charge in [0.05, 0.1) is 30.8 Å². The highest BCUT2D eigenvalue weighted by Crippen LogP contribution is 2.27. The third kappa shape index (κ3) is 4.40. The van der Waals surface area contributed by atoms with Crippen LogP contribution in [0.5, 0.6) is 5.75 Å². The summed E-state index contributed by atoms with van der Waals surface area (Å²) in [6.07, 6.45) is 0.209. The van der Waals surface area contributed by atoms with Gasteiger partial charge in [0, 0.05) is 30.6 Å². The van der Waals surface area contributed by atoms with Crippen LogP contribution in [0.25, 0.3) is 10.9 Å². The SMILES string of the molecule is COc1ccc(N2C[C@H](C(=O)NCc3nn(CC(C)C)c4ccccc34)CC2=O)cc1. The lowest BCUT2D eigenvalue weighted by Crippen LogP contribution is -2.32. The number of para-hydroxylation sites is 1. The molecule has 31 heavy (non-hydrogen) atoms. The minimum Gasteiger partial charge on any atom is -0.497 e. The van der Waals surface area contributed by atoms with Gasteiger partial charge >= 0.3 is 0 Å². The van der Waals surface area contributed by atoms with E-state index in [1.165, 1.54) is 0 Å². The van der Waals surface area contributed by atoms with Gasteiger partial charge in [0.15, 0.2) is 0 Å². The number of hydrogen-bond acceptors (Lipinski definition) is 4. The largest absolute Gasteiger partial charge is 0.497 e. The van der Waals surface area contributed by atoms with Crippen LogP contribution in [0.4, 0.5) is 5.69 Å². The minimum absolute atomic E-state index is 0.0445. The topological polar surface area (TPSA) is 76.5 Å². The van der Waals surface area contributed by atoms with E-state index in [-0.39, 0.29) is 24.2 Å². The molecule has 1 N–H and O–H groups in total. The van der Waals surface area contributed by atoms with E-state index >= 15 is 0 Å². The first-order valence-electron chi connectivity index (χ1n) is 10.6. The Morgan fingerprint density at radius 3 is 2.65 bits per heavy atom. The Labute approximate surface area is 182 Å². The highest BCUT2D eigenvalue weighted by atomic mass is 16.5. The third-order valence-electron chi connectivity index (χ3n) is 5.58. The van der Waals surface area contributed by atoms with Gasteiger partial charge < -0.3 is 15.0 Å². The zero-order valence-electron chi connectivity index (χ0n) is 18.2. The molecule has 1 fully saturated rings. The number of carbonyl (C=O) groups is 2. The van der Waals surface area contributed by atoms with Gasteiger partial charge in [-0.05, 0) is 36.2 Å². The van der Waals surface area contributed by atoms with E-state index < -0.39 is 0 Å². The molecule has 0 radical (unpaired) electrons. The Morgan fingerprint density at radius 2 is 1.94 bits per heavy atom. The summed E-state index contributed by atoms with van der Waals surface area (Å²) in [4.78, 5) is 27.0. The van der Waals surface area contributed by atoms with Gasteiger partial charge in [-0.2, -0.15) is 5.10 Å². The Morgan fingerprint density at radius 1 is 1.19 bits per heavy atom. The van der Waals surface area contributed by atoms with Crippen molar-refractivity contribution in [2.75, 3.05) is 18.6 Å². The van der Waals surface area contributed by atoms with E-state index in [0.717, 1.165) is 34.6 Å². The van der Waals surface area contributed by atoms with E-state index in [1.54, 1.807) is 12.0 Å². The maximum Gasteiger partial charge on any atom is 0.227 e. The zero-order valence-corrected chi connectivity index (χ0v) is 18.2. The number of methoxy groups -OCH3 is 1. The molecule has 1 aliphatic heterocycles. The molecule has 1 saturated heterocycles. The van der Waals surface area contributed by atoms with E-state index in [2.05, 4.69) is 25.2 Å². The number of carbonyl (C=O) groups excluding carboxylic acids is 2. The zero-order chi connectivity index (χ0) is 22.0. The maximum absolute atomic E-state index is 12.8. The van der Waals surface area contributed by atoms with Gasteiger partial charge in [-0.3, -0.25) is 14.3 Å². The first kappa shape index (κ1) is 20.9. The number of ether oxygens (including phenoxy) is 1. The summed E-state index contributed by atoms with van der Waals surface area (Å²) in [7, 11) is 1.60. The van der Waals surface area contributed by atoms with E-state index in [4.69, 9.17) is 9.84 Å². The standard InChI is InChI=1S/C24H28N4O3/c1-16(2)14-28-22-7-5-4-6-20(22)21(26-28)13-25-24(30)17-12-23(29)27(15-17)18-8-10-19(31-3)11-9-18/h4-11,16-17H,12-15H2,1-3H3,(H,25,30)/t17-/m1/s1. The van der Waals surface area contributed by atoms with Crippen molar-refractivity contribution in [2.24, 2.45) is 11.8 Å². The number of fused-ring (bicyclic) bond motifs is 1. The summed E-state index contributed by atoms with van der Waals surface area (Å²) in [5.41, 5.74) is 2.70. The molecular formula is C24H28N4O3. The van der Waals surface area contributed by atoms with Crippen LogP contribution in [0.3, 0.4) is 0 Å². The van der Waals surface area contributed by atoms with E-state index in [1.807, 2.05) is 47.1 Å². The van der Waals surface area contributed by atoms with E-state index in [9.17, 15) is 9.59 Å². The van der Waals surface area contributed by atoms with Gasteiger partial charge in [-0.15, -0.1) is 0 Å². The van der Waals surface area contributed by atoms with Crippen LogP contribution >= 0.6 is 0 Å². The molecule has 2 heterocycles. The van der Waals surface area contributed by atoms with Crippen molar-refractivity contribution in [3.05, 3.63) is 54.2 Å². The van der Waals surface area contributed by atoms with Crippen LogP contribution in [-0.4, -0.2) is 35.2 Å². The second-order valence-corrected chi connectivity index (χ2v) is 8.36. The second kappa shape index (κ2) is 8.79. The highest BCUT2D eigenvalue weighted by Gasteiger charge is 2.35. The predicted octanol–water partition coefficient (Wildman–Crippen LogP) is 3.37. The van der Waals surface area contributed by atoms with Gasteiger partial charge in [-0.25, -0.2) is 0 Å². The molecule has 0 saturated carbocycles. The second-order valence-electron chi connectivity index (χ2n) is 8.36. The molecule has 4 rings (SSSR count). The Balaban J connectivity index is 1.43. The molecule has 1 atom stereocenters. The first-order valence-corrected chi connectivity index (χ1v) is 10.6. The lowest BCUT2D eigenvalue weighted by Gasteiger charge is -2.17. The Hall–Kier alpha value is -3.35. The van der Waals surface area contributed by atoms with Crippen LogP contribution in [0.1, 0.15) is 26.0 Å². The number of aromatic nitrogens is 2. The molecule has 0 spiro atoms. The first-order chi connectivity index (χ1) is 15.0. The lowest BCUT2D eigenvalue weighted by atomic mass is 10.1. The molecule has 0 unspecified atom stereocenters. The molecule has 0 aliphatic carbocycles. The number of benzene rings is 2. The molecular weight excluding hydrogens is 392 g/mol. The Kier molecular flexibility index (Phi) is 5.93. The quantitative estimate of drug-likeness (QED) is 0.636. The number of hydrogen-bond donors (Lipinski definition) is 1. The Bertz CT molecular complexity index is 1090. The number of rotatable bonds is 7. The van der Waals surface area contributed by atoms with Crippen molar-refractivity contribution >= 4 is 28.4 Å². The summed E-state index contributed by atoms with van der Waals surface area (Å²) in [6.45, 7) is 5.85. The molecule has 162 valence electrons. The monoisotopic (exact) mass is 420 g/mol. The number of anilines is 1. The summed E-state index contributed by atoms with van der Waals surface area (Å²) in [5, 5.41) is 8.78. The predicted molar refractivity (Wildman–Crippen MR) is 120 cm³/mol. The van der Waals surface area contributed by atoms with Crippen LogP contribution in [0.15, 0.2) is 48.5 Å². The normalized spacial score (nSPS) is 16.3. The highest BCUT2D eigenvalue weighted by molar-refractivity contribution is 6.00. The van der Waals surface area contributed by atoms with Crippen LogP contribution < -0.4 is 15.0 Å². The fourth-order valence-electron chi connectivity index (χ4n) is 4.02. The molecule has 2 aromatic carbocycles. The average molecular weight is 421 g/mol. The van der Waals surface area contributed by atoms with Crippen molar-refractivity contribution in [3.8, 4) is 5.75 Å². The van der Waals surface area contributed by atoms with Gasteiger partial charge in [0.1, 0.15) is 5.75 Å². The molecule has 2 amide bonds. The van der Waals surface area contributed by atoms with Crippen molar-refractivity contribution < 1.29 is 14.3 Å². The molecule has 7 heteroatoms. The third-order valence-corrected chi connectivity index (χ3v) is 5.58. The van der Waals surface area contributed by atoms with Gasteiger partial charge in [0.25, 0.3) is 0 Å². The smallest absolute Gasteiger partial charge is 0.227 e. The van der Waals surface area contributed by atoms with Crippen LogP contribution in [0.2, 0.25) is 0 Å². The van der Waals surface area contributed by atoms with Gasteiger partial charge in [0.2, 0.25) is 11.8 Å². The van der Waals surface area contributed by atoms with E-state index in [0.29, 0.717) is 19.0 Å². The lowest BCUT2D eigenvalue weighted by molar-refractivity contribution is -0.126. The summed E-state index contributed by atoms with van der Waals surface area (Å²) in [5.74, 6) is 0.662. The number of nitrogens with one attached hydrogen (secondary N) is 1. The fourth-order valence-corrected chi connectivity index (χ4v) is 4.02. The molecule has 1 aliphatic rings. The number of amides is 2. The fraction of sp³-hybridized carbons (Fsp3) is 0.375. The van der Waals surface area contributed by atoms with Crippen molar-refractivity contribution in [2.45, 2.75) is 33.4 Å². The molecule has 1 aromatic heterocycles. The number of nitrogens with zero attached hydrogens (tertiary/aromatic N) is 3. The van der Waals surface area contributed by atoms with Crippen LogP contribution in [0, 0.1) is 11.8 Å². The maximum atomic E-state index is 12.8. The summed E-state index contributed by atoms with van der Waals surface area (Å²) < 4.78 is 7.18. The minimum atomic E-state index is -0.376. The van der Waals surface area contributed by atoms with Crippen molar-refractivity contribution in [3.63, 3.8) is 0 Å². The summed E-state index contributed by atoms with van der Waals surface area (Å²) >= 11 is 0. The molecule has 3 aromatic rings. The van der Waals surface area contributed by atoms with Crippen molar-refractivity contribution in [1.82, 2.24) is 15.1 Å². The van der Waals surface area contributed by atoms with Gasteiger partial charge in [-0.1, -0.05) is 32.0 Å². The van der Waals surface area contributed by atoms with Crippen LogP contribution in [-0.2, 0) is 22.7 Å². The van der Waals surface area contributed by atoms with Crippen molar-refractivity contribution in [1.29, 1.82) is 0 Å². The molecule has 0 bridgehead atoms.